The number of fused-ring (bicyclic) bond motifs is 1. The Morgan fingerprint density at radius 1 is 1.22 bits per heavy atom. The molecule has 1 amide bonds. The Hall–Kier alpha value is -4.35. The fraction of sp³-hybridized carbons (Fsp3) is 0.100. The largest absolute Gasteiger partial charge is 0.497 e. The molecule has 0 unspecified atom stereocenters. The molecule has 4 aromatic rings. The van der Waals surface area contributed by atoms with Gasteiger partial charge in [0, 0.05) is 23.5 Å². The molecule has 0 aliphatic carbocycles. The number of amides is 1. The summed E-state index contributed by atoms with van der Waals surface area (Å²) >= 11 is 0. The predicted molar refractivity (Wildman–Crippen MR) is 105 cm³/mol. The van der Waals surface area contributed by atoms with Gasteiger partial charge in [-0.15, -0.1) is 0 Å². The average Bonchev–Trinajstić information content (AvgIpc) is 3.40. The van der Waals surface area contributed by atoms with E-state index in [1.165, 1.54) is 36.0 Å². The summed E-state index contributed by atoms with van der Waals surface area (Å²) in [6, 6.07) is 8.45. The molecule has 32 heavy (non-hydrogen) atoms. The lowest BCUT2D eigenvalue weighted by molar-refractivity contribution is -0.402. The van der Waals surface area contributed by atoms with Gasteiger partial charge in [0.15, 0.2) is 5.76 Å². The number of imidazole rings is 1. The topological polar surface area (TPSA) is 112 Å². The smallest absolute Gasteiger partial charge is 0.433 e. The van der Waals surface area contributed by atoms with E-state index in [9.17, 15) is 28.1 Å². The number of pyridine rings is 1. The molecule has 0 atom stereocenters. The molecule has 3 aromatic heterocycles. The summed E-state index contributed by atoms with van der Waals surface area (Å²) < 4.78 is 52.9. The van der Waals surface area contributed by atoms with Gasteiger partial charge in [-0.1, -0.05) is 6.07 Å². The number of anilines is 1. The van der Waals surface area contributed by atoms with Gasteiger partial charge in [0.1, 0.15) is 16.3 Å². The summed E-state index contributed by atoms with van der Waals surface area (Å²) in [7, 11) is 1.46. The van der Waals surface area contributed by atoms with Crippen molar-refractivity contribution >= 4 is 23.1 Å². The number of alkyl halides is 3. The van der Waals surface area contributed by atoms with Crippen molar-refractivity contribution in [2.24, 2.45) is 0 Å². The fourth-order valence-electron chi connectivity index (χ4n) is 3.11. The number of ether oxygens (including phenoxy) is 1. The number of aromatic nitrogens is 2. The van der Waals surface area contributed by atoms with Crippen molar-refractivity contribution in [3.63, 3.8) is 0 Å². The number of carbonyl (C=O) groups is 1. The summed E-state index contributed by atoms with van der Waals surface area (Å²) in [6.07, 6.45) is -1.90. The second-order valence-electron chi connectivity index (χ2n) is 6.55. The maximum absolute atomic E-state index is 13.8. The number of carbonyl (C=O) groups excluding carboxylic acids is 1. The Morgan fingerprint density at radius 3 is 2.66 bits per heavy atom. The van der Waals surface area contributed by atoms with Crippen LogP contribution in [-0.2, 0) is 6.18 Å². The van der Waals surface area contributed by atoms with E-state index < -0.39 is 34.2 Å². The Bertz CT molecular complexity index is 1340. The summed E-state index contributed by atoms with van der Waals surface area (Å²) in [5.41, 5.74) is -0.737. The van der Waals surface area contributed by atoms with Crippen LogP contribution in [0.1, 0.15) is 16.1 Å². The first kappa shape index (κ1) is 20.9. The van der Waals surface area contributed by atoms with E-state index in [1.54, 1.807) is 12.1 Å². The van der Waals surface area contributed by atoms with E-state index >= 15 is 0 Å². The maximum Gasteiger partial charge on any atom is 0.433 e. The lowest BCUT2D eigenvalue weighted by Crippen LogP contribution is -2.13. The first-order chi connectivity index (χ1) is 15.2. The highest BCUT2D eigenvalue weighted by Crippen LogP contribution is 2.39. The van der Waals surface area contributed by atoms with Crippen molar-refractivity contribution in [1.29, 1.82) is 0 Å². The van der Waals surface area contributed by atoms with Crippen LogP contribution >= 0.6 is 0 Å². The number of halogens is 3. The van der Waals surface area contributed by atoms with Crippen LogP contribution in [0.4, 0.5) is 24.7 Å². The fourth-order valence-corrected chi connectivity index (χ4v) is 3.11. The van der Waals surface area contributed by atoms with Gasteiger partial charge in [-0.2, -0.15) is 13.2 Å². The highest BCUT2D eigenvalue weighted by atomic mass is 19.4. The van der Waals surface area contributed by atoms with Crippen molar-refractivity contribution in [3.8, 4) is 17.0 Å². The van der Waals surface area contributed by atoms with Gasteiger partial charge in [0.2, 0.25) is 0 Å². The number of hydrogen-bond donors (Lipinski definition) is 1. The maximum atomic E-state index is 13.8. The molecule has 0 spiro atoms. The Morgan fingerprint density at radius 2 is 2.00 bits per heavy atom. The standard InChI is InChI=1S/C20H13F3N4O5/c1-31-12-6-7-26-15(10-24-17(26)9-12)13-3-2-11(8-14(13)20(21,22)23)25-19(28)16-4-5-18(32-16)27(29)30/h2-10H,1H3,(H,25,28). The molecule has 0 saturated heterocycles. The zero-order valence-corrected chi connectivity index (χ0v) is 16.2. The van der Waals surface area contributed by atoms with Crippen molar-refractivity contribution in [2.75, 3.05) is 12.4 Å². The number of rotatable bonds is 5. The highest BCUT2D eigenvalue weighted by Gasteiger charge is 2.35. The van der Waals surface area contributed by atoms with Crippen molar-refractivity contribution in [2.45, 2.75) is 6.18 Å². The lowest BCUT2D eigenvalue weighted by Gasteiger charge is -2.15. The molecule has 9 nitrogen and oxygen atoms in total. The summed E-state index contributed by atoms with van der Waals surface area (Å²) in [4.78, 5) is 26.2. The number of hydrogen-bond acceptors (Lipinski definition) is 6. The molecule has 0 aliphatic rings. The number of benzene rings is 1. The zero-order valence-electron chi connectivity index (χ0n) is 16.2. The third-order valence-corrected chi connectivity index (χ3v) is 4.57. The average molecular weight is 446 g/mol. The van der Waals surface area contributed by atoms with Gasteiger partial charge in [-0.05, 0) is 24.3 Å². The third-order valence-electron chi connectivity index (χ3n) is 4.57. The van der Waals surface area contributed by atoms with Crippen LogP contribution in [0.2, 0.25) is 0 Å². The molecule has 164 valence electrons. The van der Waals surface area contributed by atoms with Gasteiger partial charge in [-0.3, -0.25) is 19.3 Å². The van der Waals surface area contributed by atoms with Crippen LogP contribution < -0.4 is 10.1 Å². The third kappa shape index (κ3) is 3.85. The summed E-state index contributed by atoms with van der Waals surface area (Å²) in [6.45, 7) is 0. The molecule has 1 aromatic carbocycles. The van der Waals surface area contributed by atoms with Crippen LogP contribution in [0.15, 0.2) is 59.3 Å². The minimum Gasteiger partial charge on any atom is -0.497 e. The zero-order chi connectivity index (χ0) is 23.0. The van der Waals surface area contributed by atoms with Crippen molar-refractivity contribution in [1.82, 2.24) is 9.38 Å². The van der Waals surface area contributed by atoms with Gasteiger partial charge >= 0.3 is 12.1 Å². The highest BCUT2D eigenvalue weighted by molar-refractivity contribution is 6.02. The molecule has 0 radical (unpaired) electrons. The van der Waals surface area contributed by atoms with E-state index in [0.717, 1.165) is 18.2 Å². The van der Waals surface area contributed by atoms with E-state index in [4.69, 9.17) is 9.15 Å². The quantitative estimate of drug-likeness (QED) is 0.349. The number of methoxy groups -OCH3 is 1. The van der Waals surface area contributed by atoms with Crippen molar-refractivity contribution in [3.05, 3.63) is 76.3 Å². The monoisotopic (exact) mass is 446 g/mol. The minimum absolute atomic E-state index is 0.151. The molecule has 0 fully saturated rings. The van der Waals surface area contributed by atoms with Gasteiger partial charge in [0.25, 0.3) is 5.91 Å². The minimum atomic E-state index is -4.74. The van der Waals surface area contributed by atoms with Crippen LogP contribution in [0.3, 0.4) is 0 Å². The van der Waals surface area contributed by atoms with E-state index in [0.29, 0.717) is 11.4 Å². The Kier molecular flexibility index (Phi) is 5.04. The normalized spacial score (nSPS) is 11.5. The van der Waals surface area contributed by atoms with Gasteiger partial charge in [-0.25, -0.2) is 4.98 Å². The predicted octanol–water partition coefficient (Wildman–Crippen LogP) is 4.78. The van der Waals surface area contributed by atoms with Gasteiger partial charge in [0.05, 0.1) is 30.6 Å². The molecule has 0 bridgehead atoms. The Labute approximate surface area is 177 Å². The summed E-state index contributed by atoms with van der Waals surface area (Å²) in [5.74, 6) is -1.50. The van der Waals surface area contributed by atoms with Crippen LogP contribution in [0.5, 0.6) is 5.75 Å². The van der Waals surface area contributed by atoms with Crippen LogP contribution in [0.25, 0.3) is 16.9 Å². The second kappa shape index (κ2) is 7.72. The number of nitrogens with zero attached hydrogens (tertiary/aromatic N) is 3. The number of nitro groups is 1. The Balaban J connectivity index is 1.71. The molecule has 3 heterocycles. The summed E-state index contributed by atoms with van der Waals surface area (Å²) in [5, 5.41) is 12.9. The SMILES string of the molecule is COc1ccn2c(-c3ccc(NC(=O)c4ccc([N+](=O)[O-])o4)cc3C(F)(F)F)cnc2c1. The first-order valence-electron chi connectivity index (χ1n) is 8.95. The van der Waals surface area contributed by atoms with Crippen LogP contribution in [-0.4, -0.2) is 27.3 Å². The molecule has 4 rings (SSSR count). The van der Waals surface area contributed by atoms with Crippen LogP contribution in [0, 0.1) is 10.1 Å². The number of nitrogens with one attached hydrogen (secondary N) is 1. The van der Waals surface area contributed by atoms with Crippen molar-refractivity contribution < 1.29 is 32.0 Å². The van der Waals surface area contributed by atoms with E-state index in [1.807, 2.05) is 0 Å². The molecule has 12 heteroatoms. The number of furan rings is 1. The van der Waals surface area contributed by atoms with E-state index in [-0.39, 0.29) is 16.9 Å². The molecule has 0 saturated carbocycles. The van der Waals surface area contributed by atoms with Gasteiger partial charge < -0.3 is 14.5 Å². The molecule has 0 aliphatic heterocycles. The first-order valence-corrected chi connectivity index (χ1v) is 8.95. The molecular formula is C20H13F3N4O5. The molecular weight excluding hydrogens is 433 g/mol. The second-order valence-corrected chi connectivity index (χ2v) is 6.55. The molecule has 1 N–H and O–H groups in total. The lowest BCUT2D eigenvalue weighted by atomic mass is 10.0. The van der Waals surface area contributed by atoms with E-state index in [2.05, 4.69) is 10.3 Å².